The first-order valence-electron chi connectivity index (χ1n) is 6.68. The molecule has 0 aromatic heterocycles. The molecular weight excluding hydrogens is 363 g/mol. The molecule has 25 heavy (non-hydrogen) atoms. The maximum Gasteiger partial charge on any atom is 0.573 e. The molecule has 0 aliphatic rings. The number of carbonyl (C=O) groups is 1. The zero-order chi connectivity index (χ0) is 18.8. The lowest BCUT2D eigenvalue weighted by molar-refractivity contribution is -0.274. The van der Waals surface area contributed by atoms with Crippen molar-refractivity contribution in [3.05, 3.63) is 53.6 Å². The van der Waals surface area contributed by atoms with Crippen LogP contribution < -0.4 is 14.6 Å². The van der Waals surface area contributed by atoms with Crippen LogP contribution in [0.5, 0.6) is 5.75 Å². The third kappa shape index (κ3) is 4.86. The predicted molar refractivity (Wildman–Crippen MR) is 79.4 cm³/mol. The van der Waals surface area contributed by atoms with Crippen molar-refractivity contribution >= 4 is 21.7 Å². The molecule has 0 fully saturated rings. The van der Waals surface area contributed by atoms with E-state index in [0.29, 0.717) is 5.56 Å². The number of halogens is 3. The highest BCUT2D eigenvalue weighted by Gasteiger charge is 2.31. The number of carboxylic acid groups (broad SMARTS) is 1. The largest absolute Gasteiger partial charge is 0.573 e. The lowest BCUT2D eigenvalue weighted by atomic mass is 10.1. The van der Waals surface area contributed by atoms with Crippen molar-refractivity contribution in [2.75, 3.05) is 4.72 Å². The van der Waals surface area contributed by atoms with Crippen LogP contribution in [0, 0.1) is 6.92 Å². The van der Waals surface area contributed by atoms with Gasteiger partial charge in [0.25, 0.3) is 10.0 Å². The highest BCUT2D eigenvalue weighted by Crippen LogP contribution is 2.25. The van der Waals surface area contributed by atoms with Gasteiger partial charge in [-0.1, -0.05) is 12.1 Å². The van der Waals surface area contributed by atoms with Crippen molar-refractivity contribution in [2.24, 2.45) is 0 Å². The van der Waals surface area contributed by atoms with E-state index in [0.717, 1.165) is 30.3 Å². The van der Waals surface area contributed by atoms with Crippen molar-refractivity contribution < 1.29 is 36.2 Å². The quantitative estimate of drug-likeness (QED) is 0.864. The van der Waals surface area contributed by atoms with Gasteiger partial charge in [-0.25, -0.2) is 8.42 Å². The minimum Gasteiger partial charge on any atom is -0.545 e. The number of carbonyl (C=O) groups excluding carboxylic acids is 1. The third-order valence-corrected chi connectivity index (χ3v) is 4.47. The van der Waals surface area contributed by atoms with Gasteiger partial charge in [0.05, 0.1) is 16.6 Å². The number of aryl methyl sites for hydroxylation is 1. The van der Waals surface area contributed by atoms with Crippen LogP contribution in [-0.4, -0.2) is 20.7 Å². The molecule has 0 aliphatic heterocycles. The molecule has 0 saturated carbocycles. The van der Waals surface area contributed by atoms with Gasteiger partial charge in [-0.2, -0.15) is 0 Å². The summed E-state index contributed by atoms with van der Waals surface area (Å²) in [6.45, 7) is 1.55. The molecular formula is C15H11F3NO5S-. The van der Waals surface area contributed by atoms with Crippen LogP contribution in [0.3, 0.4) is 0 Å². The Morgan fingerprint density at radius 1 is 1.12 bits per heavy atom. The number of carboxylic acids is 1. The smallest absolute Gasteiger partial charge is 0.545 e. The van der Waals surface area contributed by atoms with Gasteiger partial charge in [0.2, 0.25) is 0 Å². The lowest BCUT2D eigenvalue weighted by Crippen LogP contribution is -2.22. The van der Waals surface area contributed by atoms with Crippen molar-refractivity contribution in [1.29, 1.82) is 0 Å². The van der Waals surface area contributed by atoms with E-state index in [1.54, 1.807) is 6.92 Å². The standard InChI is InChI=1S/C15H12F3NO5S/c1-9-2-3-10(14(20)21)8-13(9)19-25(22,23)12-6-4-11(5-7-12)24-15(16,17)18/h2-8,19H,1H3,(H,20,21)/p-1. The first-order valence-corrected chi connectivity index (χ1v) is 8.17. The molecule has 0 bridgehead atoms. The van der Waals surface area contributed by atoms with Crippen LogP contribution in [0.25, 0.3) is 0 Å². The van der Waals surface area contributed by atoms with E-state index in [1.165, 1.54) is 12.1 Å². The first-order chi connectivity index (χ1) is 11.5. The fourth-order valence-electron chi connectivity index (χ4n) is 1.88. The van der Waals surface area contributed by atoms with Crippen molar-refractivity contribution in [1.82, 2.24) is 0 Å². The van der Waals surface area contributed by atoms with Crippen molar-refractivity contribution in [2.45, 2.75) is 18.2 Å². The summed E-state index contributed by atoms with van der Waals surface area (Å²) in [5.74, 6) is -2.05. The number of ether oxygens (including phenoxy) is 1. The summed E-state index contributed by atoms with van der Waals surface area (Å²) in [6, 6.07) is 7.31. The SMILES string of the molecule is Cc1ccc(C(=O)[O-])cc1NS(=O)(=O)c1ccc(OC(F)(F)F)cc1. The fourth-order valence-corrected chi connectivity index (χ4v) is 3.00. The van der Waals surface area contributed by atoms with Crippen LogP contribution in [0.15, 0.2) is 47.4 Å². The number of hydrogen-bond donors (Lipinski definition) is 1. The minimum absolute atomic E-state index is 0.0114. The molecule has 0 spiro atoms. The van der Waals surface area contributed by atoms with E-state index in [9.17, 15) is 31.5 Å². The number of sulfonamides is 1. The topological polar surface area (TPSA) is 95.5 Å². The van der Waals surface area contributed by atoms with E-state index >= 15 is 0 Å². The molecule has 6 nitrogen and oxygen atoms in total. The van der Waals surface area contributed by atoms with E-state index in [2.05, 4.69) is 9.46 Å². The number of hydrogen-bond acceptors (Lipinski definition) is 5. The molecule has 0 radical (unpaired) electrons. The maximum atomic E-state index is 12.3. The molecule has 2 rings (SSSR count). The van der Waals surface area contributed by atoms with Gasteiger partial charge >= 0.3 is 6.36 Å². The average molecular weight is 374 g/mol. The maximum absolute atomic E-state index is 12.3. The Labute approximate surface area is 140 Å². The van der Waals surface area contributed by atoms with E-state index < -0.39 is 28.1 Å². The Bertz CT molecular complexity index is 892. The number of anilines is 1. The van der Waals surface area contributed by atoms with Gasteiger partial charge in [-0.05, 0) is 48.4 Å². The van der Waals surface area contributed by atoms with Crippen LogP contribution in [0.4, 0.5) is 18.9 Å². The van der Waals surface area contributed by atoms with Crippen LogP contribution in [0.1, 0.15) is 15.9 Å². The summed E-state index contributed by atoms with van der Waals surface area (Å²) >= 11 is 0. The third-order valence-electron chi connectivity index (χ3n) is 3.09. The normalized spacial score (nSPS) is 11.8. The van der Waals surface area contributed by atoms with Gasteiger partial charge in [0, 0.05) is 0 Å². The number of alkyl halides is 3. The Balaban J connectivity index is 2.28. The van der Waals surface area contributed by atoms with Crippen molar-refractivity contribution in [3.8, 4) is 5.75 Å². The summed E-state index contributed by atoms with van der Waals surface area (Å²) < 4.78 is 66.7. The molecule has 0 amide bonds. The highest BCUT2D eigenvalue weighted by molar-refractivity contribution is 7.92. The molecule has 2 aromatic carbocycles. The van der Waals surface area contributed by atoms with Crippen LogP contribution in [-0.2, 0) is 10.0 Å². The Kier molecular flexibility index (Phi) is 4.93. The fraction of sp³-hybridized carbons (Fsp3) is 0.133. The number of benzene rings is 2. The molecule has 0 aliphatic carbocycles. The molecule has 0 heterocycles. The summed E-state index contributed by atoms with van der Waals surface area (Å²) in [4.78, 5) is 10.5. The number of aromatic carboxylic acids is 1. The summed E-state index contributed by atoms with van der Waals surface area (Å²) in [6.07, 6.45) is -4.89. The Morgan fingerprint density at radius 2 is 1.72 bits per heavy atom. The number of rotatable bonds is 5. The second-order valence-electron chi connectivity index (χ2n) is 4.94. The van der Waals surface area contributed by atoms with Gasteiger partial charge in [0.15, 0.2) is 0 Å². The lowest BCUT2D eigenvalue weighted by Gasteiger charge is -2.13. The van der Waals surface area contributed by atoms with Gasteiger partial charge in [-0.15, -0.1) is 13.2 Å². The average Bonchev–Trinajstić information content (AvgIpc) is 2.48. The second kappa shape index (κ2) is 6.63. The Morgan fingerprint density at radius 3 is 2.24 bits per heavy atom. The number of nitrogens with one attached hydrogen (secondary N) is 1. The van der Waals surface area contributed by atoms with Crippen LogP contribution in [0.2, 0.25) is 0 Å². The van der Waals surface area contributed by atoms with Gasteiger partial charge in [-0.3, -0.25) is 4.72 Å². The van der Waals surface area contributed by atoms with E-state index in [4.69, 9.17) is 0 Å². The zero-order valence-corrected chi connectivity index (χ0v) is 13.4. The van der Waals surface area contributed by atoms with Gasteiger partial charge in [0.1, 0.15) is 5.75 Å². The molecule has 0 saturated heterocycles. The molecule has 0 atom stereocenters. The first kappa shape index (κ1) is 18.6. The summed E-state index contributed by atoms with van der Waals surface area (Å²) in [5.41, 5.74) is 0.236. The predicted octanol–water partition coefficient (Wildman–Crippen LogP) is 2.06. The monoisotopic (exact) mass is 374 g/mol. The van der Waals surface area contributed by atoms with Crippen molar-refractivity contribution in [3.63, 3.8) is 0 Å². The molecule has 1 N–H and O–H groups in total. The molecule has 134 valence electrons. The minimum atomic E-state index is -4.89. The summed E-state index contributed by atoms with van der Waals surface area (Å²) in [5, 5.41) is 10.9. The molecule has 2 aromatic rings. The Hall–Kier alpha value is -2.75. The summed E-state index contributed by atoms with van der Waals surface area (Å²) in [7, 11) is -4.14. The zero-order valence-electron chi connectivity index (χ0n) is 12.6. The molecule has 0 unspecified atom stereocenters. The second-order valence-corrected chi connectivity index (χ2v) is 6.62. The highest BCUT2D eigenvalue weighted by atomic mass is 32.2. The van der Waals surface area contributed by atoms with E-state index in [-0.39, 0.29) is 16.1 Å². The van der Waals surface area contributed by atoms with Crippen LogP contribution >= 0.6 is 0 Å². The molecule has 10 heteroatoms. The van der Waals surface area contributed by atoms with Gasteiger partial charge < -0.3 is 14.6 Å². The van der Waals surface area contributed by atoms with E-state index in [1.807, 2.05) is 0 Å².